The molecule has 0 fully saturated rings. The molecule has 7 nitrogen and oxygen atoms in total. The molecule has 9 heteroatoms. The van der Waals surface area contributed by atoms with E-state index in [0.717, 1.165) is 0 Å². The molecule has 0 amide bonds. The highest BCUT2D eigenvalue weighted by Crippen LogP contribution is 2.33. The van der Waals surface area contributed by atoms with Crippen LogP contribution in [-0.2, 0) is 0 Å². The van der Waals surface area contributed by atoms with Crippen LogP contribution in [0.25, 0.3) is 11.4 Å². The van der Waals surface area contributed by atoms with E-state index in [4.69, 9.17) is 4.74 Å². The number of methoxy groups -OCH3 is 1. The van der Waals surface area contributed by atoms with Gasteiger partial charge in [0, 0.05) is 17.3 Å². The molecule has 0 bridgehead atoms. The van der Waals surface area contributed by atoms with Crippen molar-refractivity contribution in [2.45, 2.75) is 19.8 Å². The van der Waals surface area contributed by atoms with Gasteiger partial charge in [-0.1, -0.05) is 12.1 Å². The molecule has 0 spiro atoms. The third-order valence-corrected chi connectivity index (χ3v) is 6.43. The van der Waals surface area contributed by atoms with E-state index in [9.17, 15) is 18.4 Å². The molecule has 0 aliphatic rings. The minimum Gasteiger partial charge on any atom is -0.497 e. The number of benzene rings is 3. The zero-order chi connectivity index (χ0) is 26.3. The van der Waals surface area contributed by atoms with Crippen LogP contribution in [0.3, 0.4) is 0 Å². The number of nitrogens with zero attached hydrogens (tertiary/aromatic N) is 2. The van der Waals surface area contributed by atoms with Gasteiger partial charge in [-0.05, 0) is 80.1 Å². The fourth-order valence-corrected chi connectivity index (χ4v) is 4.62. The van der Waals surface area contributed by atoms with Crippen LogP contribution in [0, 0.1) is 25.5 Å². The molecule has 0 aliphatic heterocycles. The average Bonchev–Trinajstić information content (AvgIpc) is 3.36. The van der Waals surface area contributed by atoms with Crippen LogP contribution >= 0.6 is 0 Å². The van der Waals surface area contributed by atoms with E-state index in [1.807, 2.05) is 12.1 Å². The topological polar surface area (TPSA) is 84.8 Å². The molecule has 5 aromatic rings. The minimum atomic E-state index is -0.734. The van der Waals surface area contributed by atoms with Crippen LogP contribution in [-0.4, -0.2) is 26.7 Å². The number of hydrogen-bond acceptors (Lipinski definition) is 3. The Bertz CT molecular complexity index is 1570. The monoisotopic (exact) mass is 502 g/mol. The second-order valence-electron chi connectivity index (χ2n) is 8.74. The Labute approximate surface area is 210 Å². The predicted molar refractivity (Wildman–Crippen MR) is 136 cm³/mol. The summed E-state index contributed by atoms with van der Waals surface area (Å²) < 4.78 is 35.0. The number of rotatable bonds is 6. The molecule has 2 N–H and O–H groups in total. The number of nitrogens with one attached hydrogen (secondary N) is 2. The molecule has 0 saturated heterocycles. The highest BCUT2D eigenvalue weighted by molar-refractivity contribution is 5.48. The third-order valence-electron chi connectivity index (χ3n) is 6.43. The molecular weight excluding hydrogens is 478 g/mol. The van der Waals surface area contributed by atoms with Gasteiger partial charge in [-0.2, -0.15) is 0 Å². The summed E-state index contributed by atoms with van der Waals surface area (Å²) in [7, 11) is 1.56. The van der Waals surface area contributed by atoms with E-state index in [1.165, 1.54) is 57.9 Å². The molecular formula is C28H24F2N4O3. The van der Waals surface area contributed by atoms with E-state index >= 15 is 0 Å². The summed E-state index contributed by atoms with van der Waals surface area (Å²) in [6.45, 7) is 3.52. The van der Waals surface area contributed by atoms with E-state index in [-0.39, 0.29) is 11.1 Å². The zero-order valence-electron chi connectivity index (χ0n) is 20.4. The molecule has 0 unspecified atom stereocenters. The van der Waals surface area contributed by atoms with Gasteiger partial charge in [0.15, 0.2) is 0 Å². The van der Waals surface area contributed by atoms with Crippen molar-refractivity contribution in [2.75, 3.05) is 7.11 Å². The molecule has 2 aromatic heterocycles. The van der Waals surface area contributed by atoms with Crippen LogP contribution in [0.4, 0.5) is 8.78 Å². The lowest BCUT2D eigenvalue weighted by atomic mass is 9.85. The van der Waals surface area contributed by atoms with Gasteiger partial charge in [-0.3, -0.25) is 19.8 Å². The molecule has 188 valence electrons. The van der Waals surface area contributed by atoms with Gasteiger partial charge in [0.05, 0.1) is 29.6 Å². The SMILES string of the molecule is COc1ccc(C(c2c(C)[nH]n(-c3ccc(F)cc3)c2=O)c2c(C)[nH]n(-c3ccc(F)cc3)c2=O)cc1. The van der Waals surface area contributed by atoms with E-state index < -0.39 is 17.6 Å². The summed E-state index contributed by atoms with van der Waals surface area (Å²) >= 11 is 0. The average molecular weight is 503 g/mol. The number of hydrogen-bond donors (Lipinski definition) is 2. The zero-order valence-corrected chi connectivity index (χ0v) is 20.4. The van der Waals surface area contributed by atoms with Crippen molar-refractivity contribution in [3.8, 4) is 17.1 Å². The summed E-state index contributed by atoms with van der Waals surface area (Å²) in [5.41, 5.74) is 2.77. The summed E-state index contributed by atoms with van der Waals surface area (Å²) in [4.78, 5) is 27.6. The van der Waals surface area contributed by atoms with Gasteiger partial charge in [0.1, 0.15) is 17.4 Å². The Morgan fingerprint density at radius 2 is 1.08 bits per heavy atom. The first-order valence-electron chi connectivity index (χ1n) is 11.6. The molecule has 0 saturated carbocycles. The quantitative estimate of drug-likeness (QED) is 0.352. The second-order valence-corrected chi connectivity index (χ2v) is 8.74. The van der Waals surface area contributed by atoms with Gasteiger partial charge in [-0.15, -0.1) is 0 Å². The smallest absolute Gasteiger partial charge is 0.275 e. The van der Waals surface area contributed by atoms with Gasteiger partial charge in [0.25, 0.3) is 11.1 Å². The van der Waals surface area contributed by atoms with Crippen LogP contribution in [0.2, 0.25) is 0 Å². The first-order chi connectivity index (χ1) is 17.8. The van der Waals surface area contributed by atoms with Crippen molar-refractivity contribution in [1.29, 1.82) is 0 Å². The molecule has 0 aliphatic carbocycles. The third kappa shape index (κ3) is 4.29. The number of aromatic nitrogens is 4. The highest BCUT2D eigenvalue weighted by Gasteiger charge is 2.31. The maximum atomic E-state index is 13.8. The Balaban J connectivity index is 1.74. The van der Waals surface area contributed by atoms with Crippen molar-refractivity contribution in [3.63, 3.8) is 0 Å². The van der Waals surface area contributed by atoms with E-state index in [1.54, 1.807) is 33.1 Å². The Kier molecular flexibility index (Phi) is 6.12. The lowest BCUT2D eigenvalue weighted by Gasteiger charge is -2.16. The first-order valence-corrected chi connectivity index (χ1v) is 11.6. The van der Waals surface area contributed by atoms with Gasteiger partial charge >= 0.3 is 0 Å². The number of ether oxygens (including phenoxy) is 1. The van der Waals surface area contributed by atoms with E-state index in [2.05, 4.69) is 10.2 Å². The number of aromatic amines is 2. The maximum absolute atomic E-state index is 13.8. The van der Waals surface area contributed by atoms with Gasteiger partial charge < -0.3 is 4.74 Å². The fourth-order valence-electron chi connectivity index (χ4n) is 4.62. The lowest BCUT2D eigenvalue weighted by Crippen LogP contribution is -2.25. The number of aryl methyl sites for hydroxylation is 2. The largest absolute Gasteiger partial charge is 0.497 e. The molecule has 0 atom stereocenters. The van der Waals surface area contributed by atoms with E-state index in [0.29, 0.717) is 45.2 Å². The van der Waals surface area contributed by atoms with Gasteiger partial charge in [0.2, 0.25) is 0 Å². The Hall–Kier alpha value is -4.66. The standard InChI is InChI=1S/C28H24F2N4O3/c1-16-24(27(35)33(31-16)21-10-6-19(29)7-11-21)26(18-4-14-23(37-3)15-5-18)25-17(2)32-34(28(25)36)22-12-8-20(30)9-13-22/h4-15,26,31-32H,1-3H3. The van der Waals surface area contributed by atoms with Crippen LogP contribution in [0.1, 0.15) is 34.0 Å². The fraction of sp³-hybridized carbons (Fsp3) is 0.143. The minimum absolute atomic E-state index is 0.363. The van der Waals surface area contributed by atoms with Crippen LogP contribution in [0.15, 0.2) is 82.4 Å². The van der Waals surface area contributed by atoms with Crippen molar-refractivity contribution < 1.29 is 13.5 Å². The number of halogens is 2. The molecule has 37 heavy (non-hydrogen) atoms. The van der Waals surface area contributed by atoms with Crippen LogP contribution < -0.4 is 15.9 Å². The Morgan fingerprint density at radius 1 is 0.676 bits per heavy atom. The summed E-state index contributed by atoms with van der Waals surface area (Å²) in [5, 5.41) is 6.14. The van der Waals surface area contributed by atoms with Gasteiger partial charge in [-0.25, -0.2) is 18.1 Å². The summed E-state index contributed by atoms with van der Waals surface area (Å²) in [6, 6.07) is 18.3. The molecule has 5 rings (SSSR count). The second kappa shape index (κ2) is 9.42. The predicted octanol–water partition coefficient (Wildman–Crippen LogP) is 4.73. The molecule has 2 heterocycles. The summed E-state index contributed by atoms with van der Waals surface area (Å²) in [5.74, 6) is -0.935. The molecule has 0 radical (unpaired) electrons. The van der Waals surface area contributed by atoms with Crippen molar-refractivity contribution >= 4 is 0 Å². The Morgan fingerprint density at radius 3 is 1.46 bits per heavy atom. The number of H-pyrrole nitrogens is 2. The molecule has 3 aromatic carbocycles. The van der Waals surface area contributed by atoms with Crippen molar-refractivity contribution in [2.24, 2.45) is 0 Å². The first kappa shape index (κ1) is 24.1. The summed E-state index contributed by atoms with van der Waals surface area (Å²) in [6.07, 6.45) is 0. The maximum Gasteiger partial charge on any atom is 0.275 e. The van der Waals surface area contributed by atoms with Crippen LogP contribution in [0.5, 0.6) is 5.75 Å². The highest BCUT2D eigenvalue weighted by atomic mass is 19.1. The normalized spacial score (nSPS) is 11.3. The lowest BCUT2D eigenvalue weighted by molar-refractivity contribution is 0.414. The van der Waals surface area contributed by atoms with Crippen molar-refractivity contribution in [1.82, 2.24) is 19.6 Å². The van der Waals surface area contributed by atoms with Crippen molar-refractivity contribution in [3.05, 3.63) is 133 Å².